The first-order valence-electron chi connectivity index (χ1n) is 14.8. The lowest BCUT2D eigenvalue weighted by Gasteiger charge is -1.98. The third-order valence-electron chi connectivity index (χ3n) is 8.30. The number of Topliss-reactive ketones (excluding diaryl/α,β-unsaturated/α-hetero) is 1. The van der Waals surface area contributed by atoms with Crippen molar-refractivity contribution in [2.75, 3.05) is 0 Å². The predicted molar refractivity (Wildman–Crippen MR) is 171 cm³/mol. The third kappa shape index (κ3) is 6.47. The zero-order chi connectivity index (χ0) is 27.9. The van der Waals surface area contributed by atoms with Gasteiger partial charge in [-0.3, -0.25) is 4.79 Å². The predicted octanol–water partition coefficient (Wildman–Crippen LogP) is 9.04. The van der Waals surface area contributed by atoms with E-state index in [9.17, 15) is 4.79 Å². The maximum absolute atomic E-state index is 10.9. The largest absolute Gasteiger partial charge is 0.299 e. The highest BCUT2D eigenvalue weighted by atomic mass is 16.1. The van der Waals surface area contributed by atoms with Crippen molar-refractivity contribution < 1.29 is 4.79 Å². The molecule has 1 nitrogen and oxygen atoms in total. The molecule has 0 amide bonds. The SMILES string of the molecule is C1=Cc2ccccc2C1.O=C1Cc2ccccc2C1.c1ccc2c(c1)CCC2.c1ccc2c(c1)Cc1ccccc1-2. The molecule has 0 N–H and O–H groups in total. The molecule has 0 bridgehead atoms. The molecule has 0 aromatic heterocycles. The Morgan fingerprint density at radius 1 is 0.415 bits per heavy atom. The summed E-state index contributed by atoms with van der Waals surface area (Å²) in [6.45, 7) is 0. The van der Waals surface area contributed by atoms with Crippen molar-refractivity contribution in [2.24, 2.45) is 0 Å². The molecule has 0 aliphatic heterocycles. The Morgan fingerprint density at radius 3 is 1.39 bits per heavy atom. The molecule has 202 valence electrons. The van der Waals surface area contributed by atoms with Gasteiger partial charge in [0.15, 0.2) is 0 Å². The fourth-order valence-electron chi connectivity index (χ4n) is 6.18. The molecule has 0 radical (unpaired) electrons. The number of carbonyl (C=O) groups excluding carboxylic acids is 1. The van der Waals surface area contributed by atoms with Crippen molar-refractivity contribution in [1.29, 1.82) is 0 Å². The first-order valence-corrected chi connectivity index (χ1v) is 14.8. The van der Waals surface area contributed by atoms with E-state index < -0.39 is 0 Å². The maximum Gasteiger partial charge on any atom is 0.141 e. The Kier molecular flexibility index (Phi) is 8.33. The molecule has 0 heterocycles. The van der Waals surface area contributed by atoms with Crippen LogP contribution in [-0.2, 0) is 43.3 Å². The fourth-order valence-corrected chi connectivity index (χ4v) is 6.18. The lowest BCUT2D eigenvalue weighted by atomic mass is 10.1. The number of allylic oxidation sites excluding steroid dienone is 1. The van der Waals surface area contributed by atoms with Gasteiger partial charge in [0.05, 0.1) is 0 Å². The summed E-state index contributed by atoms with van der Waals surface area (Å²) in [6.07, 6.45) is 11.9. The zero-order valence-corrected chi connectivity index (χ0v) is 23.6. The lowest BCUT2D eigenvalue weighted by Crippen LogP contribution is -1.92. The summed E-state index contributed by atoms with van der Waals surface area (Å²) in [5, 5.41) is 0. The monoisotopic (exact) mass is 532 g/mol. The van der Waals surface area contributed by atoms with Crippen molar-refractivity contribution in [3.8, 4) is 11.1 Å². The highest BCUT2D eigenvalue weighted by molar-refractivity contribution is 5.87. The van der Waals surface area contributed by atoms with Gasteiger partial charge in [-0.2, -0.15) is 0 Å². The van der Waals surface area contributed by atoms with Gasteiger partial charge in [0.2, 0.25) is 0 Å². The summed E-state index contributed by atoms with van der Waals surface area (Å²) < 4.78 is 0. The molecule has 0 saturated carbocycles. The molecule has 0 spiro atoms. The molecule has 5 aromatic rings. The number of benzene rings is 5. The van der Waals surface area contributed by atoms with Crippen LogP contribution in [0.5, 0.6) is 0 Å². The minimum Gasteiger partial charge on any atom is -0.299 e. The van der Waals surface area contributed by atoms with Gasteiger partial charge in [-0.05, 0) is 87.7 Å². The van der Waals surface area contributed by atoms with Gasteiger partial charge in [0, 0.05) is 12.8 Å². The van der Waals surface area contributed by atoms with E-state index in [1.54, 1.807) is 11.1 Å². The highest BCUT2D eigenvalue weighted by Crippen LogP contribution is 2.35. The number of carbonyl (C=O) groups is 1. The van der Waals surface area contributed by atoms with Crippen LogP contribution in [0.2, 0.25) is 0 Å². The lowest BCUT2D eigenvalue weighted by molar-refractivity contribution is -0.117. The highest BCUT2D eigenvalue weighted by Gasteiger charge is 2.17. The van der Waals surface area contributed by atoms with Gasteiger partial charge >= 0.3 is 0 Å². The van der Waals surface area contributed by atoms with E-state index in [1.165, 1.54) is 63.8 Å². The number of ketones is 1. The number of fused-ring (bicyclic) bond motifs is 6. The summed E-state index contributed by atoms with van der Waals surface area (Å²) in [6, 6.07) is 42.6. The second-order valence-corrected chi connectivity index (χ2v) is 11.1. The van der Waals surface area contributed by atoms with Crippen molar-refractivity contribution in [3.63, 3.8) is 0 Å². The van der Waals surface area contributed by atoms with E-state index in [1.807, 2.05) is 24.3 Å². The molecular formula is C40H36O. The summed E-state index contributed by atoms with van der Waals surface area (Å²) in [5.74, 6) is 0.348. The minimum absolute atomic E-state index is 0.348. The third-order valence-corrected chi connectivity index (χ3v) is 8.30. The second kappa shape index (κ2) is 12.8. The molecule has 0 fully saturated rings. The number of hydrogen-bond donors (Lipinski definition) is 0. The van der Waals surface area contributed by atoms with Crippen LogP contribution in [0.15, 0.2) is 127 Å². The van der Waals surface area contributed by atoms with E-state index in [0.29, 0.717) is 18.6 Å². The Bertz CT molecular complexity index is 1590. The standard InChI is InChI=1S/C13H10.C9H8O.C9H10.C9H8/c1-3-7-12-10(5-1)9-11-6-2-4-8-13(11)12;10-9-5-7-3-1-2-4-8(7)6-9;2*1-2-5-9-7-3-6-8(9)4-1/h1-8H,9H2;1-4H,5-6H2;1-2,4-5H,3,6-7H2;1-6H,7H2. The van der Waals surface area contributed by atoms with E-state index >= 15 is 0 Å². The zero-order valence-electron chi connectivity index (χ0n) is 23.6. The number of rotatable bonds is 0. The van der Waals surface area contributed by atoms with Crippen LogP contribution in [0.3, 0.4) is 0 Å². The van der Waals surface area contributed by atoms with Crippen LogP contribution >= 0.6 is 0 Å². The smallest absolute Gasteiger partial charge is 0.141 e. The van der Waals surface area contributed by atoms with E-state index in [4.69, 9.17) is 0 Å². The Morgan fingerprint density at radius 2 is 0.854 bits per heavy atom. The van der Waals surface area contributed by atoms with Gasteiger partial charge in [-0.15, -0.1) is 0 Å². The van der Waals surface area contributed by atoms with Crippen LogP contribution in [0, 0.1) is 0 Å². The maximum atomic E-state index is 10.9. The van der Waals surface area contributed by atoms with Crippen LogP contribution in [-0.4, -0.2) is 5.78 Å². The van der Waals surface area contributed by atoms with Crippen LogP contribution in [0.1, 0.15) is 50.9 Å². The molecule has 5 aromatic carbocycles. The minimum atomic E-state index is 0.348. The molecule has 4 aliphatic rings. The van der Waals surface area contributed by atoms with Crippen molar-refractivity contribution in [3.05, 3.63) is 172 Å². The molecule has 0 unspecified atom stereocenters. The molecule has 9 rings (SSSR count). The number of hydrogen-bond acceptors (Lipinski definition) is 1. The molecule has 4 aliphatic carbocycles. The average molecular weight is 533 g/mol. The van der Waals surface area contributed by atoms with E-state index in [-0.39, 0.29) is 0 Å². The Labute approximate surface area is 244 Å². The van der Waals surface area contributed by atoms with Gasteiger partial charge in [0.25, 0.3) is 0 Å². The molecule has 0 atom stereocenters. The van der Waals surface area contributed by atoms with Crippen molar-refractivity contribution >= 4 is 11.9 Å². The second-order valence-electron chi connectivity index (χ2n) is 11.1. The number of aryl methyl sites for hydroxylation is 2. The van der Waals surface area contributed by atoms with Crippen LogP contribution in [0.4, 0.5) is 0 Å². The van der Waals surface area contributed by atoms with Crippen molar-refractivity contribution in [2.45, 2.75) is 44.9 Å². The topological polar surface area (TPSA) is 17.1 Å². The van der Waals surface area contributed by atoms with Crippen molar-refractivity contribution in [1.82, 2.24) is 0 Å². The van der Waals surface area contributed by atoms with E-state index in [0.717, 1.165) is 12.8 Å². The quantitative estimate of drug-likeness (QED) is 0.191. The van der Waals surface area contributed by atoms with Crippen LogP contribution in [0.25, 0.3) is 17.2 Å². The van der Waals surface area contributed by atoms with Gasteiger partial charge in [-0.25, -0.2) is 0 Å². The summed E-state index contributed by atoms with van der Waals surface area (Å²) in [7, 11) is 0. The van der Waals surface area contributed by atoms with Crippen LogP contribution < -0.4 is 0 Å². The summed E-state index contributed by atoms with van der Waals surface area (Å²) in [5.41, 5.74) is 14.2. The Hall–Kier alpha value is -4.49. The first-order chi connectivity index (χ1) is 20.2. The first kappa shape index (κ1) is 26.7. The molecule has 41 heavy (non-hydrogen) atoms. The average Bonchev–Trinajstić information content (AvgIpc) is 3.82. The van der Waals surface area contributed by atoms with E-state index in [2.05, 4.69) is 109 Å². The fraction of sp³-hybridized carbons (Fsp3) is 0.175. The Balaban J connectivity index is 0.0000000996. The molecule has 1 heteroatoms. The normalized spacial score (nSPS) is 14.1. The summed E-state index contributed by atoms with van der Waals surface area (Å²) >= 11 is 0. The molecule has 0 saturated heterocycles. The van der Waals surface area contributed by atoms with Gasteiger partial charge < -0.3 is 0 Å². The summed E-state index contributed by atoms with van der Waals surface area (Å²) in [4.78, 5) is 10.9. The van der Waals surface area contributed by atoms with Gasteiger partial charge in [-0.1, -0.05) is 133 Å². The molecular weight excluding hydrogens is 496 g/mol. The van der Waals surface area contributed by atoms with Gasteiger partial charge in [0.1, 0.15) is 5.78 Å².